The van der Waals surface area contributed by atoms with Crippen molar-refractivity contribution < 1.29 is 19.4 Å². The van der Waals surface area contributed by atoms with Crippen LogP contribution in [0.3, 0.4) is 0 Å². The molecule has 6 nitrogen and oxygen atoms in total. The Morgan fingerprint density at radius 1 is 1.32 bits per heavy atom. The molecule has 1 atom stereocenters. The molecule has 0 aromatic heterocycles. The number of hydrogen-bond acceptors (Lipinski definition) is 3. The molecule has 0 aliphatic heterocycles. The molecule has 6 heteroatoms. The van der Waals surface area contributed by atoms with Crippen LogP contribution in [-0.2, 0) is 9.53 Å². The average molecular weight is 266 g/mol. The molecule has 0 spiro atoms. The van der Waals surface area contributed by atoms with E-state index >= 15 is 0 Å². The molecule has 0 heterocycles. The van der Waals surface area contributed by atoms with Crippen molar-refractivity contribution in [1.29, 1.82) is 0 Å². The van der Waals surface area contributed by atoms with Gasteiger partial charge >= 0.3 is 12.0 Å². The Hall–Kier alpha value is -2.08. The van der Waals surface area contributed by atoms with Gasteiger partial charge in [0.1, 0.15) is 0 Å². The number of anilines is 1. The molecular weight excluding hydrogens is 248 g/mol. The molecule has 19 heavy (non-hydrogen) atoms. The lowest BCUT2D eigenvalue weighted by atomic mass is 10.1. The van der Waals surface area contributed by atoms with Crippen LogP contribution in [0.15, 0.2) is 18.2 Å². The fraction of sp³-hybridized carbons (Fsp3) is 0.385. The van der Waals surface area contributed by atoms with Gasteiger partial charge in [-0.25, -0.2) is 9.59 Å². The van der Waals surface area contributed by atoms with Gasteiger partial charge in [0.2, 0.25) is 0 Å². The summed E-state index contributed by atoms with van der Waals surface area (Å²) in [6.45, 7) is 3.83. The molecule has 1 unspecified atom stereocenters. The first kappa shape index (κ1) is 15.0. The van der Waals surface area contributed by atoms with Gasteiger partial charge in [-0.1, -0.05) is 6.07 Å². The fourth-order valence-electron chi connectivity index (χ4n) is 1.45. The minimum Gasteiger partial charge on any atom is -0.479 e. The molecule has 3 N–H and O–H groups in total. The number of aliphatic carboxylic acids is 1. The van der Waals surface area contributed by atoms with Crippen LogP contribution in [0.1, 0.15) is 11.1 Å². The quantitative estimate of drug-likeness (QED) is 0.754. The Labute approximate surface area is 111 Å². The second-order valence-corrected chi connectivity index (χ2v) is 4.20. The van der Waals surface area contributed by atoms with E-state index in [2.05, 4.69) is 10.6 Å². The number of carboxylic acid groups (broad SMARTS) is 1. The Bertz CT molecular complexity index is 474. The molecule has 0 aliphatic carbocycles. The van der Waals surface area contributed by atoms with Gasteiger partial charge in [0.15, 0.2) is 6.10 Å². The topological polar surface area (TPSA) is 87.7 Å². The van der Waals surface area contributed by atoms with E-state index in [1.165, 1.54) is 7.11 Å². The summed E-state index contributed by atoms with van der Waals surface area (Å²) in [5, 5.41) is 13.8. The van der Waals surface area contributed by atoms with Crippen molar-refractivity contribution in [2.24, 2.45) is 0 Å². The van der Waals surface area contributed by atoms with Crippen molar-refractivity contribution in [1.82, 2.24) is 5.32 Å². The molecule has 0 aliphatic rings. The van der Waals surface area contributed by atoms with Crippen molar-refractivity contribution in [3.63, 3.8) is 0 Å². The van der Waals surface area contributed by atoms with E-state index in [0.29, 0.717) is 5.69 Å². The molecule has 0 saturated heterocycles. The molecule has 0 fully saturated rings. The van der Waals surface area contributed by atoms with Crippen molar-refractivity contribution in [3.8, 4) is 0 Å². The zero-order valence-corrected chi connectivity index (χ0v) is 11.2. The Balaban J connectivity index is 2.51. The number of methoxy groups -OCH3 is 1. The maximum absolute atomic E-state index is 11.6. The van der Waals surface area contributed by atoms with Crippen LogP contribution in [-0.4, -0.2) is 36.9 Å². The number of carbonyl (C=O) groups is 2. The van der Waals surface area contributed by atoms with Gasteiger partial charge in [-0.2, -0.15) is 0 Å². The largest absolute Gasteiger partial charge is 0.479 e. The highest BCUT2D eigenvalue weighted by atomic mass is 16.5. The van der Waals surface area contributed by atoms with Gasteiger partial charge in [0, 0.05) is 12.8 Å². The van der Waals surface area contributed by atoms with E-state index in [1.807, 2.05) is 26.0 Å². The maximum atomic E-state index is 11.6. The number of nitrogens with one attached hydrogen (secondary N) is 2. The smallest absolute Gasteiger partial charge is 0.334 e. The summed E-state index contributed by atoms with van der Waals surface area (Å²) >= 11 is 0. The van der Waals surface area contributed by atoms with Crippen LogP contribution >= 0.6 is 0 Å². The molecule has 1 aromatic rings. The van der Waals surface area contributed by atoms with Crippen molar-refractivity contribution in [2.75, 3.05) is 19.0 Å². The lowest BCUT2D eigenvalue weighted by molar-refractivity contribution is -0.147. The molecule has 0 bridgehead atoms. The fourth-order valence-corrected chi connectivity index (χ4v) is 1.45. The number of benzene rings is 1. The third-order valence-corrected chi connectivity index (χ3v) is 2.77. The van der Waals surface area contributed by atoms with Gasteiger partial charge < -0.3 is 20.5 Å². The summed E-state index contributed by atoms with van der Waals surface area (Å²) in [6.07, 6.45) is -1.05. The van der Waals surface area contributed by atoms with Crippen LogP contribution in [0.4, 0.5) is 10.5 Å². The standard InChI is InChI=1S/C13H18N2O4/c1-8-4-5-10(6-9(8)2)15-13(18)14-7-11(19-3)12(16)17/h4-6,11H,7H2,1-3H3,(H,16,17)(H2,14,15,18). The lowest BCUT2D eigenvalue weighted by Gasteiger charge is -2.12. The third-order valence-electron chi connectivity index (χ3n) is 2.77. The van der Waals surface area contributed by atoms with E-state index in [-0.39, 0.29) is 6.54 Å². The highest BCUT2D eigenvalue weighted by Crippen LogP contribution is 2.13. The van der Waals surface area contributed by atoms with Crippen LogP contribution in [0, 0.1) is 13.8 Å². The first-order valence-electron chi connectivity index (χ1n) is 5.81. The van der Waals surface area contributed by atoms with Crippen LogP contribution in [0.5, 0.6) is 0 Å². The van der Waals surface area contributed by atoms with E-state index in [9.17, 15) is 9.59 Å². The minimum atomic E-state index is -1.12. The number of hydrogen-bond donors (Lipinski definition) is 3. The molecule has 0 saturated carbocycles. The van der Waals surface area contributed by atoms with E-state index in [1.54, 1.807) is 6.07 Å². The Morgan fingerprint density at radius 2 is 2.00 bits per heavy atom. The predicted octanol–water partition coefficient (Wildman–Crippen LogP) is 1.52. The summed E-state index contributed by atoms with van der Waals surface area (Å²) in [5.74, 6) is -1.12. The lowest BCUT2D eigenvalue weighted by Crippen LogP contribution is -2.39. The Morgan fingerprint density at radius 3 is 2.53 bits per heavy atom. The summed E-state index contributed by atoms with van der Waals surface area (Å²) < 4.78 is 4.71. The van der Waals surface area contributed by atoms with Crippen LogP contribution in [0.2, 0.25) is 0 Å². The minimum absolute atomic E-state index is 0.0947. The van der Waals surface area contributed by atoms with E-state index in [0.717, 1.165) is 11.1 Å². The van der Waals surface area contributed by atoms with Crippen molar-refractivity contribution in [3.05, 3.63) is 29.3 Å². The zero-order chi connectivity index (χ0) is 14.4. The number of urea groups is 1. The number of amides is 2. The summed E-state index contributed by atoms with van der Waals surface area (Å²) in [4.78, 5) is 22.3. The summed E-state index contributed by atoms with van der Waals surface area (Å²) in [6, 6.07) is 5.07. The van der Waals surface area contributed by atoms with Gasteiger partial charge in [-0.15, -0.1) is 0 Å². The van der Waals surface area contributed by atoms with Gasteiger partial charge in [-0.3, -0.25) is 0 Å². The maximum Gasteiger partial charge on any atom is 0.334 e. The summed E-state index contributed by atoms with van der Waals surface area (Å²) in [7, 11) is 1.28. The Kier molecular flexibility index (Phi) is 5.32. The highest BCUT2D eigenvalue weighted by molar-refractivity contribution is 5.89. The number of rotatable bonds is 5. The second-order valence-electron chi connectivity index (χ2n) is 4.20. The van der Waals surface area contributed by atoms with Gasteiger partial charge in [0.05, 0.1) is 6.54 Å². The molecular formula is C13H18N2O4. The zero-order valence-electron chi connectivity index (χ0n) is 11.2. The summed E-state index contributed by atoms with van der Waals surface area (Å²) in [5.41, 5.74) is 2.86. The van der Waals surface area contributed by atoms with Crippen LogP contribution in [0.25, 0.3) is 0 Å². The molecule has 2 amide bonds. The number of carbonyl (C=O) groups excluding carboxylic acids is 1. The average Bonchev–Trinajstić information content (AvgIpc) is 2.34. The predicted molar refractivity (Wildman–Crippen MR) is 71.4 cm³/mol. The molecule has 1 aromatic carbocycles. The first-order valence-corrected chi connectivity index (χ1v) is 5.81. The SMILES string of the molecule is COC(CNC(=O)Nc1ccc(C)c(C)c1)C(=O)O. The third kappa shape index (κ3) is 4.59. The molecule has 0 radical (unpaired) electrons. The number of carboxylic acids is 1. The normalized spacial score (nSPS) is 11.7. The monoisotopic (exact) mass is 266 g/mol. The van der Waals surface area contributed by atoms with E-state index in [4.69, 9.17) is 9.84 Å². The highest BCUT2D eigenvalue weighted by Gasteiger charge is 2.17. The molecule has 1 rings (SSSR count). The number of aryl methyl sites for hydroxylation is 2. The number of ether oxygens (including phenoxy) is 1. The van der Waals surface area contributed by atoms with Gasteiger partial charge in [-0.05, 0) is 37.1 Å². The van der Waals surface area contributed by atoms with Crippen molar-refractivity contribution in [2.45, 2.75) is 20.0 Å². The second kappa shape index (κ2) is 6.75. The van der Waals surface area contributed by atoms with Crippen molar-refractivity contribution >= 4 is 17.7 Å². The van der Waals surface area contributed by atoms with Gasteiger partial charge in [0.25, 0.3) is 0 Å². The van der Waals surface area contributed by atoms with E-state index < -0.39 is 18.1 Å². The first-order chi connectivity index (χ1) is 8.93. The molecule has 104 valence electrons. The van der Waals surface area contributed by atoms with Crippen LogP contribution < -0.4 is 10.6 Å².